The van der Waals surface area contributed by atoms with Crippen molar-refractivity contribution in [1.82, 2.24) is 15.4 Å². The van der Waals surface area contributed by atoms with Crippen LogP contribution in [0, 0.1) is 11.3 Å². The second-order valence-corrected chi connectivity index (χ2v) is 10.2. The molecule has 3 aromatic rings. The third-order valence-corrected chi connectivity index (χ3v) is 7.64. The summed E-state index contributed by atoms with van der Waals surface area (Å²) in [4.78, 5) is 34.2. The lowest BCUT2D eigenvalue weighted by molar-refractivity contribution is -0.152. The summed E-state index contributed by atoms with van der Waals surface area (Å²) >= 11 is 0. The van der Waals surface area contributed by atoms with Crippen LogP contribution in [-0.2, 0) is 27.4 Å². The van der Waals surface area contributed by atoms with Gasteiger partial charge in [-0.2, -0.15) is 0 Å². The monoisotopic (exact) mass is 518 g/mol. The highest BCUT2D eigenvalue weighted by molar-refractivity contribution is 5.93. The van der Waals surface area contributed by atoms with Gasteiger partial charge in [0.05, 0.1) is 23.5 Å². The Morgan fingerprint density at radius 2 is 1.84 bits per heavy atom. The first-order valence-corrected chi connectivity index (χ1v) is 13.1. The number of rotatable bonds is 9. The minimum atomic E-state index is -0.944. The molecule has 1 amide bonds. The molecule has 2 fully saturated rings. The molecule has 2 heterocycles. The molecule has 1 saturated heterocycles. The lowest BCUT2D eigenvalue weighted by atomic mass is 9.93. The predicted molar refractivity (Wildman–Crippen MR) is 143 cm³/mol. The van der Waals surface area contributed by atoms with Gasteiger partial charge in [-0.15, -0.1) is 0 Å². The summed E-state index contributed by atoms with van der Waals surface area (Å²) in [5.41, 5.74) is 3.65. The van der Waals surface area contributed by atoms with Crippen LogP contribution < -0.4 is 15.1 Å². The van der Waals surface area contributed by atoms with Gasteiger partial charge in [0.2, 0.25) is 5.91 Å². The van der Waals surface area contributed by atoms with Crippen LogP contribution in [0.3, 0.4) is 0 Å². The molecule has 2 N–H and O–H groups in total. The molecular weight excluding hydrogens is 484 g/mol. The van der Waals surface area contributed by atoms with Crippen LogP contribution in [0.2, 0.25) is 0 Å². The number of benzene rings is 2. The lowest BCUT2D eigenvalue weighted by Crippen LogP contribution is -2.44. The number of aromatic nitrogens is 1. The van der Waals surface area contributed by atoms with Gasteiger partial charge in [-0.3, -0.25) is 14.8 Å². The highest BCUT2D eigenvalue weighted by Gasteiger charge is 2.64. The van der Waals surface area contributed by atoms with Crippen molar-refractivity contribution >= 4 is 28.6 Å². The first-order chi connectivity index (χ1) is 18.4. The predicted octanol–water partition coefficient (Wildman–Crippen LogP) is 3.18. The van der Waals surface area contributed by atoms with E-state index in [4.69, 9.17) is 19.7 Å². The fraction of sp³-hybridized carbons (Fsp3) is 0.414. The Bertz CT molecular complexity index is 1310. The van der Waals surface area contributed by atoms with E-state index in [1.165, 1.54) is 0 Å². The summed E-state index contributed by atoms with van der Waals surface area (Å²) in [6.07, 6.45) is 0.703. The number of fused-ring (bicyclic) bond motifs is 1. The quantitative estimate of drug-likeness (QED) is 0.253. The number of piperazine rings is 1. The number of nitrogens with one attached hydrogen (secondary N) is 1. The van der Waals surface area contributed by atoms with Crippen LogP contribution in [0.25, 0.3) is 10.9 Å². The van der Waals surface area contributed by atoms with Crippen molar-refractivity contribution in [2.24, 2.45) is 11.3 Å². The van der Waals surface area contributed by atoms with Gasteiger partial charge in [0.15, 0.2) is 0 Å². The number of hydrogen-bond acceptors (Lipinski definition) is 8. The van der Waals surface area contributed by atoms with E-state index in [0.29, 0.717) is 25.2 Å². The van der Waals surface area contributed by atoms with E-state index in [9.17, 15) is 9.59 Å². The molecular formula is C29H34N4O5. The molecule has 1 unspecified atom stereocenters. The van der Waals surface area contributed by atoms with E-state index in [1.54, 1.807) is 12.4 Å². The summed E-state index contributed by atoms with van der Waals surface area (Å²) in [5, 5.41) is 10.1. The van der Waals surface area contributed by atoms with Gasteiger partial charge < -0.3 is 19.3 Å². The molecule has 0 bridgehead atoms. The van der Waals surface area contributed by atoms with Gasteiger partial charge in [-0.05, 0) is 56.6 Å². The van der Waals surface area contributed by atoms with E-state index >= 15 is 0 Å². The van der Waals surface area contributed by atoms with Gasteiger partial charge in [0, 0.05) is 37.1 Å². The molecule has 2 aromatic carbocycles. The fourth-order valence-corrected chi connectivity index (χ4v) is 5.27. The van der Waals surface area contributed by atoms with Crippen molar-refractivity contribution in [2.75, 3.05) is 44.7 Å². The number of carbonyl (C=O) groups excluding carboxylic acids is 2. The number of amides is 1. The van der Waals surface area contributed by atoms with Gasteiger partial charge in [-0.25, -0.2) is 10.5 Å². The van der Waals surface area contributed by atoms with Crippen LogP contribution in [0.1, 0.15) is 24.5 Å². The van der Waals surface area contributed by atoms with E-state index < -0.39 is 23.2 Å². The summed E-state index contributed by atoms with van der Waals surface area (Å²) < 4.78 is 11.4. The Labute approximate surface area is 222 Å². The third-order valence-electron chi connectivity index (χ3n) is 7.64. The van der Waals surface area contributed by atoms with E-state index in [-0.39, 0.29) is 6.61 Å². The summed E-state index contributed by atoms with van der Waals surface area (Å²) in [6.45, 7) is 6.28. The van der Waals surface area contributed by atoms with Gasteiger partial charge in [-0.1, -0.05) is 30.3 Å². The largest absolute Gasteiger partial charge is 0.489 e. The van der Waals surface area contributed by atoms with Crippen molar-refractivity contribution in [3.8, 4) is 5.75 Å². The number of anilines is 1. The maximum atomic E-state index is 12.6. The molecule has 5 rings (SSSR count). The number of esters is 1. The Kier molecular flexibility index (Phi) is 7.49. The highest BCUT2D eigenvalue weighted by atomic mass is 16.5. The minimum absolute atomic E-state index is 0.237. The number of hydroxylamine groups is 1. The number of pyridine rings is 1. The van der Waals surface area contributed by atoms with Crippen LogP contribution in [0.4, 0.5) is 5.82 Å². The average molecular weight is 519 g/mol. The van der Waals surface area contributed by atoms with Crippen molar-refractivity contribution in [1.29, 1.82) is 0 Å². The zero-order valence-corrected chi connectivity index (χ0v) is 21.9. The molecule has 200 valence electrons. The zero-order valence-electron chi connectivity index (χ0n) is 21.9. The molecule has 0 spiro atoms. The Balaban J connectivity index is 1.29. The summed E-state index contributed by atoms with van der Waals surface area (Å²) in [5.74, 6) is 0.118. The van der Waals surface area contributed by atoms with Gasteiger partial charge in [0.25, 0.3) is 0 Å². The highest BCUT2D eigenvalue weighted by Crippen LogP contribution is 2.56. The number of carbonyl (C=O) groups is 2. The number of ether oxygens (including phenoxy) is 2. The molecule has 9 nitrogen and oxygen atoms in total. The first-order valence-electron chi connectivity index (χ1n) is 13.1. The van der Waals surface area contributed by atoms with Crippen molar-refractivity contribution < 1.29 is 24.3 Å². The first kappa shape index (κ1) is 25.9. The maximum absolute atomic E-state index is 12.6. The molecule has 9 heteroatoms. The minimum Gasteiger partial charge on any atom is -0.489 e. The van der Waals surface area contributed by atoms with E-state index in [0.717, 1.165) is 54.0 Å². The SMILES string of the molecule is CCOC(=O)[C@@]1(Cc2ccc(OCc3cc(N4CCN(C)CC4)nc4ccccc34)cc2)CC1C(=O)NO. The molecule has 38 heavy (non-hydrogen) atoms. The van der Waals surface area contributed by atoms with Crippen LogP contribution in [-0.4, -0.2) is 66.8 Å². The molecule has 0 radical (unpaired) electrons. The second-order valence-electron chi connectivity index (χ2n) is 10.2. The van der Waals surface area contributed by atoms with E-state index in [2.05, 4.69) is 29.0 Å². The zero-order chi connectivity index (χ0) is 26.7. The third kappa shape index (κ3) is 5.30. The molecule has 1 aliphatic heterocycles. The second kappa shape index (κ2) is 11.0. The van der Waals surface area contributed by atoms with E-state index in [1.807, 2.05) is 42.5 Å². The average Bonchev–Trinajstić information content (AvgIpc) is 3.67. The fourth-order valence-electron chi connectivity index (χ4n) is 5.27. The summed E-state index contributed by atoms with van der Waals surface area (Å²) in [7, 11) is 2.14. The van der Waals surface area contributed by atoms with Crippen LogP contribution in [0.15, 0.2) is 54.6 Å². The molecule has 1 aliphatic carbocycles. The standard InChI is InChI=1S/C29H34N4O5/c1-3-37-28(35)29(18-24(29)27(34)31-36)17-20-8-10-22(11-9-20)38-19-21-16-26(33-14-12-32(2)13-15-33)30-25-7-5-4-6-23(21)25/h4-11,16,24,36H,3,12-15,17-19H2,1-2H3,(H,31,34)/t24?,29-/m0/s1. The topological polar surface area (TPSA) is 104 Å². The Hall–Kier alpha value is -3.69. The molecule has 2 atom stereocenters. The lowest BCUT2D eigenvalue weighted by Gasteiger charge is -2.33. The maximum Gasteiger partial charge on any atom is 0.313 e. The van der Waals surface area contributed by atoms with Crippen molar-refractivity contribution in [3.05, 3.63) is 65.7 Å². The van der Waals surface area contributed by atoms with Gasteiger partial charge in [0.1, 0.15) is 18.2 Å². The Morgan fingerprint density at radius 3 is 2.55 bits per heavy atom. The smallest absolute Gasteiger partial charge is 0.313 e. The number of nitrogens with zero attached hydrogens (tertiary/aromatic N) is 3. The number of likely N-dealkylation sites (N-methyl/N-ethyl adjacent to an activating group) is 1. The van der Waals surface area contributed by atoms with Crippen molar-refractivity contribution in [2.45, 2.75) is 26.4 Å². The molecule has 2 aliphatic rings. The Morgan fingerprint density at radius 1 is 1.11 bits per heavy atom. The van der Waals surface area contributed by atoms with Crippen LogP contribution >= 0.6 is 0 Å². The number of hydrogen-bond donors (Lipinski definition) is 2. The summed E-state index contributed by atoms with van der Waals surface area (Å²) in [6, 6.07) is 17.8. The normalized spacial score (nSPS) is 21.2. The van der Waals surface area contributed by atoms with Gasteiger partial charge >= 0.3 is 5.97 Å². The molecule has 1 aromatic heterocycles. The molecule has 1 saturated carbocycles. The number of para-hydroxylation sites is 1. The van der Waals surface area contributed by atoms with Crippen LogP contribution in [0.5, 0.6) is 5.75 Å². The van der Waals surface area contributed by atoms with Crippen molar-refractivity contribution in [3.63, 3.8) is 0 Å².